The molecule has 0 spiro atoms. The zero-order valence-electron chi connectivity index (χ0n) is 18.1. The van der Waals surface area contributed by atoms with Crippen LogP contribution >= 0.6 is 0 Å². The lowest BCUT2D eigenvalue weighted by Crippen LogP contribution is -2.55. The van der Waals surface area contributed by atoms with Gasteiger partial charge in [-0.2, -0.15) is 0 Å². The van der Waals surface area contributed by atoms with Gasteiger partial charge in [0.05, 0.1) is 17.6 Å². The Morgan fingerprint density at radius 2 is 1.81 bits per heavy atom. The van der Waals surface area contributed by atoms with Crippen LogP contribution in [-0.4, -0.2) is 51.2 Å². The van der Waals surface area contributed by atoms with Gasteiger partial charge in [0, 0.05) is 11.9 Å². The summed E-state index contributed by atoms with van der Waals surface area (Å²) in [6, 6.07) is 16.2. The predicted molar refractivity (Wildman–Crippen MR) is 124 cm³/mol. The van der Waals surface area contributed by atoms with Crippen molar-refractivity contribution in [2.75, 3.05) is 5.32 Å². The number of benzene rings is 2. The lowest BCUT2D eigenvalue weighted by atomic mass is 9.90. The average molecular weight is 435 g/mol. The van der Waals surface area contributed by atoms with E-state index in [1.165, 1.54) is 12.1 Å². The van der Waals surface area contributed by atoms with Crippen LogP contribution in [0.2, 0.25) is 0 Å². The molecule has 2 aliphatic heterocycles. The van der Waals surface area contributed by atoms with Crippen molar-refractivity contribution >= 4 is 23.4 Å². The highest BCUT2D eigenvalue weighted by Gasteiger charge is 2.56. The lowest BCUT2D eigenvalue weighted by Gasteiger charge is -2.43. The fraction of sp³-hybridized carbons (Fsp3) is 0.360. The van der Waals surface area contributed by atoms with Crippen molar-refractivity contribution in [3.8, 4) is 0 Å². The van der Waals surface area contributed by atoms with Crippen LogP contribution in [-0.2, 0) is 0 Å². The molecule has 0 aromatic heterocycles. The number of aliphatic hydroxyl groups excluding tert-OH is 2. The maximum absolute atomic E-state index is 13.6. The summed E-state index contributed by atoms with van der Waals surface area (Å²) in [7, 11) is 0. The first-order valence-corrected chi connectivity index (χ1v) is 10.9. The molecule has 0 radical (unpaired) electrons. The van der Waals surface area contributed by atoms with Gasteiger partial charge in [-0.05, 0) is 54.7 Å². The fourth-order valence-corrected chi connectivity index (χ4v) is 5.27. The van der Waals surface area contributed by atoms with Gasteiger partial charge in [-0.1, -0.05) is 37.3 Å². The molecule has 1 fully saturated rings. The van der Waals surface area contributed by atoms with Crippen LogP contribution < -0.4 is 5.32 Å². The number of anilines is 1. The maximum Gasteiger partial charge on any atom is 0.137 e. The second-order valence-electron chi connectivity index (χ2n) is 9.13. The van der Waals surface area contributed by atoms with Gasteiger partial charge in [0.25, 0.3) is 0 Å². The van der Waals surface area contributed by atoms with E-state index in [4.69, 9.17) is 0 Å². The van der Waals surface area contributed by atoms with E-state index in [9.17, 15) is 14.6 Å². The summed E-state index contributed by atoms with van der Waals surface area (Å²) in [6.45, 7) is 3.92. The molecule has 1 aliphatic carbocycles. The Morgan fingerprint density at radius 3 is 2.47 bits per heavy atom. The summed E-state index contributed by atoms with van der Waals surface area (Å²) in [5.41, 5.74) is 2.02. The van der Waals surface area contributed by atoms with Crippen LogP contribution in [0.25, 0.3) is 5.57 Å². The quantitative estimate of drug-likeness (QED) is 0.691. The molecule has 6 atom stereocenters. The van der Waals surface area contributed by atoms with Crippen molar-refractivity contribution in [3.63, 3.8) is 0 Å². The molecule has 166 valence electrons. The second kappa shape index (κ2) is 7.83. The summed E-state index contributed by atoms with van der Waals surface area (Å²) in [5, 5.41) is 24.9. The van der Waals surface area contributed by atoms with Crippen molar-refractivity contribution in [1.29, 1.82) is 0 Å². The zero-order valence-corrected chi connectivity index (χ0v) is 18.1. The molecule has 5 rings (SSSR count). The Morgan fingerprint density at radius 1 is 1.09 bits per heavy atom. The number of hydrogen-bond donors (Lipinski definition) is 3. The molecule has 0 amide bonds. The third-order valence-corrected chi connectivity index (χ3v) is 7.00. The molecule has 2 aromatic carbocycles. The van der Waals surface area contributed by atoms with Crippen molar-refractivity contribution in [1.82, 2.24) is 4.90 Å². The maximum atomic E-state index is 13.6. The van der Waals surface area contributed by atoms with Crippen LogP contribution in [0.3, 0.4) is 0 Å². The van der Waals surface area contributed by atoms with Crippen LogP contribution in [0.1, 0.15) is 25.8 Å². The number of aliphatic hydroxyl groups is 2. The molecule has 1 saturated carbocycles. The number of halogens is 1. The van der Waals surface area contributed by atoms with Gasteiger partial charge in [-0.25, -0.2) is 14.4 Å². The molecule has 3 aliphatic rings. The predicted octanol–water partition coefficient (Wildman–Crippen LogP) is 3.50. The largest absolute Gasteiger partial charge is 0.390 e. The van der Waals surface area contributed by atoms with Crippen LogP contribution in [0.4, 0.5) is 10.1 Å². The van der Waals surface area contributed by atoms with E-state index in [0.717, 1.165) is 22.7 Å². The molecule has 7 heteroatoms. The Hall–Kier alpha value is -3.03. The minimum atomic E-state index is -0.915. The topological polar surface area (TPSA) is 80.5 Å². The van der Waals surface area contributed by atoms with Gasteiger partial charge in [0.1, 0.15) is 30.3 Å². The molecule has 0 saturated heterocycles. The minimum Gasteiger partial charge on any atom is -0.390 e. The Labute approximate surface area is 186 Å². The minimum absolute atomic E-state index is 0.0418. The first kappa shape index (κ1) is 20.8. The van der Waals surface area contributed by atoms with Gasteiger partial charge in [0.15, 0.2) is 0 Å². The molecule has 32 heavy (non-hydrogen) atoms. The molecule has 3 N–H and O–H groups in total. The van der Waals surface area contributed by atoms with Gasteiger partial charge >= 0.3 is 0 Å². The smallest absolute Gasteiger partial charge is 0.137 e. The average Bonchev–Trinajstić information content (AvgIpc) is 3.28. The number of nitrogens with zero attached hydrogens (tertiary/aromatic N) is 3. The normalized spacial score (nSPS) is 33.7. The summed E-state index contributed by atoms with van der Waals surface area (Å²) < 4.78 is 13.6. The summed E-state index contributed by atoms with van der Waals surface area (Å²) >= 11 is 0. The van der Waals surface area contributed by atoms with E-state index in [1.54, 1.807) is 18.5 Å². The van der Waals surface area contributed by atoms with Crippen molar-refractivity contribution in [3.05, 3.63) is 72.2 Å². The molecule has 6 nitrogen and oxygen atoms in total. The first-order valence-electron chi connectivity index (χ1n) is 10.9. The number of hydrogen-bond acceptors (Lipinski definition) is 6. The van der Waals surface area contributed by atoms with E-state index in [1.807, 2.05) is 50.4 Å². The van der Waals surface area contributed by atoms with E-state index in [-0.39, 0.29) is 23.8 Å². The van der Waals surface area contributed by atoms with Crippen LogP contribution in [0.15, 0.2) is 70.8 Å². The third-order valence-electron chi connectivity index (χ3n) is 7.00. The Kier molecular flexibility index (Phi) is 5.10. The molecular formula is C25H27FN4O2. The number of nitrogens with one attached hydrogen (secondary N) is 1. The van der Waals surface area contributed by atoms with Gasteiger partial charge in [-0.3, -0.25) is 0 Å². The summed E-state index contributed by atoms with van der Waals surface area (Å²) in [4.78, 5) is 11.3. The number of aliphatic imine (C=N–C) groups is 2. The summed E-state index contributed by atoms with van der Waals surface area (Å²) in [6.07, 6.45) is 2.12. The lowest BCUT2D eigenvalue weighted by molar-refractivity contribution is -0.0433. The van der Waals surface area contributed by atoms with Gasteiger partial charge in [-0.15, -0.1) is 0 Å². The molecule has 5 unspecified atom stereocenters. The number of para-hydroxylation sites is 1. The molecule has 2 aromatic rings. The van der Waals surface area contributed by atoms with E-state index < -0.39 is 17.7 Å². The van der Waals surface area contributed by atoms with E-state index in [0.29, 0.717) is 6.42 Å². The highest BCUT2D eigenvalue weighted by atomic mass is 19.1. The summed E-state index contributed by atoms with van der Waals surface area (Å²) in [5.74, 6) is 0.162. The Bertz CT molecular complexity index is 1080. The van der Waals surface area contributed by atoms with E-state index in [2.05, 4.69) is 20.2 Å². The Balaban J connectivity index is 1.57. The SMILES string of the molecule is CC1C[C@@](C)(N2C=C(c3ccc(F)cc3)C3C(Nc4ccccc4)=NC=NC32)C(O)C1O. The van der Waals surface area contributed by atoms with Crippen molar-refractivity contribution in [2.24, 2.45) is 21.8 Å². The van der Waals surface area contributed by atoms with Crippen LogP contribution in [0.5, 0.6) is 0 Å². The first-order chi connectivity index (χ1) is 15.4. The van der Waals surface area contributed by atoms with Gasteiger partial charge < -0.3 is 20.4 Å². The number of fused-ring (bicyclic) bond motifs is 1. The second-order valence-corrected chi connectivity index (χ2v) is 9.13. The van der Waals surface area contributed by atoms with Crippen molar-refractivity contribution < 1.29 is 14.6 Å². The highest BCUT2D eigenvalue weighted by Crippen LogP contribution is 2.48. The standard InChI is InChI=1S/C25H27FN4O2/c1-15-12-25(2,22(32)21(15)31)30-13-19(16-8-10-17(26)11-9-16)20-23(27-14-28-24(20)30)29-18-6-4-3-5-7-18/h3-11,13-15,20-22,24,31-32H,12H2,1-2H3,(H,27,28,29)/t15?,20?,21?,22?,24?,25-/m1/s1. The van der Waals surface area contributed by atoms with Gasteiger partial charge in [0.2, 0.25) is 0 Å². The van der Waals surface area contributed by atoms with Crippen molar-refractivity contribution in [2.45, 2.75) is 44.2 Å². The zero-order chi connectivity index (χ0) is 22.5. The third kappa shape index (κ3) is 3.32. The molecular weight excluding hydrogens is 407 g/mol. The fourth-order valence-electron chi connectivity index (χ4n) is 5.27. The number of amidine groups is 1. The molecule has 2 heterocycles. The highest BCUT2D eigenvalue weighted by molar-refractivity contribution is 6.09. The monoisotopic (exact) mass is 434 g/mol. The van der Waals surface area contributed by atoms with E-state index >= 15 is 0 Å². The van der Waals surface area contributed by atoms with Crippen LogP contribution in [0, 0.1) is 17.7 Å². The number of rotatable bonds is 3. The molecule has 0 bridgehead atoms.